The summed E-state index contributed by atoms with van der Waals surface area (Å²) >= 11 is 6.48. The summed E-state index contributed by atoms with van der Waals surface area (Å²) in [6.45, 7) is 1.21. The second-order valence-corrected chi connectivity index (χ2v) is 8.96. The van der Waals surface area contributed by atoms with Crippen molar-refractivity contribution in [3.63, 3.8) is 0 Å². The van der Waals surface area contributed by atoms with Gasteiger partial charge >= 0.3 is 0 Å². The lowest BCUT2D eigenvalue weighted by atomic mass is 10.1. The number of hydrogen-bond donors (Lipinski definition) is 3. The minimum Gasteiger partial charge on any atom is -0.496 e. The van der Waals surface area contributed by atoms with Crippen molar-refractivity contribution in [2.24, 2.45) is 5.73 Å². The Kier molecular flexibility index (Phi) is 6.68. The van der Waals surface area contributed by atoms with Crippen molar-refractivity contribution in [1.82, 2.24) is 4.98 Å². The van der Waals surface area contributed by atoms with Crippen molar-refractivity contribution in [1.29, 1.82) is 0 Å². The van der Waals surface area contributed by atoms with Crippen LogP contribution in [0, 0.1) is 0 Å². The molecule has 5 rings (SSSR count). The lowest BCUT2D eigenvalue weighted by Crippen LogP contribution is -2.40. The molecular weight excluding hydrogens is 500 g/mol. The average Bonchev–Trinajstić information content (AvgIpc) is 2.91. The summed E-state index contributed by atoms with van der Waals surface area (Å²) in [6, 6.07) is 9.77. The average molecular weight is 523 g/mol. The normalized spacial score (nSPS) is 14.0. The lowest BCUT2D eigenvalue weighted by molar-refractivity contribution is 0.0904. The van der Waals surface area contributed by atoms with Gasteiger partial charge < -0.3 is 30.6 Å². The molecule has 10 nitrogen and oxygen atoms in total. The van der Waals surface area contributed by atoms with Gasteiger partial charge in [-0.15, -0.1) is 0 Å². The molecule has 0 bridgehead atoms. The molecule has 0 saturated carbocycles. The Morgan fingerprint density at radius 2 is 1.84 bits per heavy atom. The van der Waals surface area contributed by atoms with Gasteiger partial charge in [0.1, 0.15) is 28.6 Å². The number of methoxy groups -OCH3 is 1. The van der Waals surface area contributed by atoms with E-state index in [2.05, 4.69) is 15.6 Å². The second-order valence-electron chi connectivity index (χ2n) is 8.55. The highest BCUT2D eigenvalue weighted by atomic mass is 35.5. The molecule has 4 aromatic rings. The topological polar surface area (TPSA) is 142 Å². The van der Waals surface area contributed by atoms with Gasteiger partial charge in [0.25, 0.3) is 16.8 Å². The largest absolute Gasteiger partial charge is 0.496 e. The van der Waals surface area contributed by atoms with Gasteiger partial charge in [0.2, 0.25) is 0 Å². The van der Waals surface area contributed by atoms with Gasteiger partial charge in [0.05, 0.1) is 28.9 Å². The molecule has 4 N–H and O–H groups in total. The Hall–Kier alpha value is -4.15. The van der Waals surface area contributed by atoms with E-state index < -0.39 is 16.8 Å². The van der Waals surface area contributed by atoms with E-state index in [-0.39, 0.29) is 28.0 Å². The van der Waals surface area contributed by atoms with Gasteiger partial charge in [0, 0.05) is 43.0 Å². The van der Waals surface area contributed by atoms with Crippen molar-refractivity contribution in [2.75, 3.05) is 31.0 Å². The number of carbonyl (C=O) groups is 1. The van der Waals surface area contributed by atoms with E-state index in [0.717, 1.165) is 12.8 Å². The number of benzene rings is 2. The molecule has 190 valence electrons. The molecule has 0 atom stereocenters. The molecule has 3 aromatic carbocycles. The van der Waals surface area contributed by atoms with Crippen LogP contribution >= 0.6 is 11.6 Å². The highest BCUT2D eigenvalue weighted by molar-refractivity contribution is 6.33. The second kappa shape index (κ2) is 10.1. The number of fused-ring (bicyclic) bond motifs is 1. The maximum Gasteiger partial charge on any atom is 0.253 e. The number of hydrogen-bond acceptors (Lipinski definition) is 9. The van der Waals surface area contributed by atoms with Crippen molar-refractivity contribution in [3.8, 4) is 17.2 Å². The molecular formula is C26H23ClN4O6. The van der Waals surface area contributed by atoms with Gasteiger partial charge in [-0.25, -0.2) is 0 Å². The molecule has 1 amide bonds. The predicted molar refractivity (Wildman–Crippen MR) is 140 cm³/mol. The first-order valence-corrected chi connectivity index (χ1v) is 11.9. The van der Waals surface area contributed by atoms with Crippen molar-refractivity contribution < 1.29 is 19.0 Å². The van der Waals surface area contributed by atoms with Gasteiger partial charge in [-0.2, -0.15) is 0 Å². The fourth-order valence-corrected chi connectivity index (χ4v) is 4.43. The quantitative estimate of drug-likeness (QED) is 0.295. The number of pyridine rings is 1. The number of carbonyl (C=O) groups excluding carboxylic acids is 1. The minimum absolute atomic E-state index is 0.0640. The minimum atomic E-state index is -0.643. The van der Waals surface area contributed by atoms with E-state index in [1.807, 2.05) is 0 Å². The number of ether oxygens (including phenoxy) is 3. The fraction of sp³-hybridized carbons (Fsp3) is 0.231. The van der Waals surface area contributed by atoms with Gasteiger partial charge in [-0.05, 0) is 37.1 Å². The molecule has 1 aliphatic heterocycles. The van der Waals surface area contributed by atoms with E-state index in [0.29, 0.717) is 47.1 Å². The van der Waals surface area contributed by atoms with Crippen LogP contribution in [0.1, 0.15) is 23.2 Å². The summed E-state index contributed by atoms with van der Waals surface area (Å²) in [5.74, 6) is 0.505. The summed E-state index contributed by atoms with van der Waals surface area (Å²) in [5.41, 5.74) is 5.97. The van der Waals surface area contributed by atoms with Crippen LogP contribution in [-0.2, 0) is 4.74 Å². The molecule has 11 heteroatoms. The zero-order chi connectivity index (χ0) is 26.1. The van der Waals surface area contributed by atoms with Gasteiger partial charge in [-0.3, -0.25) is 19.4 Å². The Bertz CT molecular complexity index is 1570. The van der Waals surface area contributed by atoms with Gasteiger partial charge in [-0.1, -0.05) is 11.6 Å². The molecule has 0 unspecified atom stereocenters. The molecule has 1 aliphatic rings. The SMILES string of the molecule is COc1cc2nccc(Oc3ccc(Nc4c(NC5CCOCC5)c(=O)c4=O)c(Cl)c3)c2cc1C(N)=O. The number of anilines is 3. The monoisotopic (exact) mass is 522 g/mol. The number of aromatic nitrogens is 1. The third-order valence-corrected chi connectivity index (χ3v) is 6.51. The van der Waals surface area contributed by atoms with Crippen LogP contribution in [0.4, 0.5) is 17.1 Å². The van der Waals surface area contributed by atoms with Crippen LogP contribution in [0.2, 0.25) is 5.02 Å². The number of nitrogens with one attached hydrogen (secondary N) is 2. The molecule has 0 spiro atoms. The fourth-order valence-electron chi connectivity index (χ4n) is 4.22. The Morgan fingerprint density at radius 3 is 2.54 bits per heavy atom. The third kappa shape index (κ3) is 4.81. The standard InChI is InChI=1S/C26H23ClN4O6/c1-35-21-12-19-15(11-16(21)26(28)34)20(4-7-29-19)37-14-2-3-18(17(27)10-14)31-23-22(24(32)25(23)33)30-13-5-8-36-9-6-13/h2-4,7,10-13,30-31H,5-6,8-9H2,1H3,(H2,28,34). The first-order chi connectivity index (χ1) is 17.9. The van der Waals surface area contributed by atoms with Crippen molar-refractivity contribution in [3.05, 3.63) is 73.6 Å². The van der Waals surface area contributed by atoms with E-state index in [1.54, 1.807) is 42.6 Å². The Balaban J connectivity index is 1.38. The van der Waals surface area contributed by atoms with Crippen molar-refractivity contribution in [2.45, 2.75) is 18.9 Å². The first kappa shape index (κ1) is 24.5. The highest BCUT2D eigenvalue weighted by Crippen LogP contribution is 2.36. The summed E-state index contributed by atoms with van der Waals surface area (Å²) in [7, 11) is 1.44. The maximum atomic E-state index is 12.2. The maximum absolute atomic E-state index is 12.2. The molecule has 1 fully saturated rings. The van der Waals surface area contributed by atoms with E-state index in [4.69, 9.17) is 31.5 Å². The summed E-state index contributed by atoms with van der Waals surface area (Å²) in [5, 5.41) is 6.97. The third-order valence-electron chi connectivity index (χ3n) is 6.20. The molecule has 1 saturated heterocycles. The van der Waals surface area contributed by atoms with E-state index in [9.17, 15) is 14.4 Å². The summed E-state index contributed by atoms with van der Waals surface area (Å²) < 4.78 is 16.6. The van der Waals surface area contributed by atoms with Crippen LogP contribution < -0.4 is 36.7 Å². The number of nitrogens with zero attached hydrogens (tertiary/aromatic N) is 1. The Morgan fingerprint density at radius 1 is 1.08 bits per heavy atom. The smallest absolute Gasteiger partial charge is 0.253 e. The number of amides is 1. The van der Waals surface area contributed by atoms with E-state index in [1.165, 1.54) is 7.11 Å². The summed E-state index contributed by atoms with van der Waals surface area (Å²) in [4.78, 5) is 40.6. The lowest BCUT2D eigenvalue weighted by Gasteiger charge is -2.26. The zero-order valence-electron chi connectivity index (χ0n) is 19.8. The predicted octanol–water partition coefficient (Wildman–Crippen LogP) is 3.72. The number of halogens is 1. The Labute approximate surface area is 216 Å². The molecule has 0 radical (unpaired) electrons. The number of nitrogens with two attached hydrogens (primary N) is 1. The first-order valence-electron chi connectivity index (χ1n) is 11.5. The molecule has 37 heavy (non-hydrogen) atoms. The molecule has 0 aliphatic carbocycles. The van der Waals surface area contributed by atoms with Crippen LogP contribution in [0.5, 0.6) is 17.2 Å². The van der Waals surface area contributed by atoms with Crippen LogP contribution in [0.25, 0.3) is 10.9 Å². The molecule has 2 heterocycles. The highest BCUT2D eigenvalue weighted by Gasteiger charge is 2.25. The van der Waals surface area contributed by atoms with E-state index >= 15 is 0 Å². The zero-order valence-corrected chi connectivity index (χ0v) is 20.6. The summed E-state index contributed by atoms with van der Waals surface area (Å²) in [6.07, 6.45) is 3.07. The van der Waals surface area contributed by atoms with Gasteiger partial charge in [0.15, 0.2) is 0 Å². The van der Waals surface area contributed by atoms with Crippen molar-refractivity contribution >= 4 is 45.5 Å². The van der Waals surface area contributed by atoms with Crippen LogP contribution in [0.3, 0.4) is 0 Å². The van der Waals surface area contributed by atoms with Crippen LogP contribution in [0.15, 0.2) is 52.2 Å². The number of rotatable bonds is 8. The molecule has 1 aromatic heterocycles. The number of primary amides is 1. The van der Waals surface area contributed by atoms with Crippen LogP contribution in [-0.4, -0.2) is 37.3 Å².